The number of fused-ring (bicyclic) bond motifs is 2. The molecule has 168 valence electrons. The Hall–Kier alpha value is -2.86. The van der Waals surface area contributed by atoms with Crippen LogP contribution in [0.2, 0.25) is 0 Å². The Morgan fingerprint density at radius 3 is 2.31 bits per heavy atom. The number of rotatable bonds is 6. The Balaban J connectivity index is 1.23. The maximum Gasteiger partial charge on any atom is 0.226 e. The standard InChI is InChI=1S/C26H32N4O2/c1-17-24-13-19-5-4-6-20(19)14-25(24)29-26(28-17)30-9-7-21(8-10-30)27-16-18-11-22(31-2)15-23(12-18)32-3/h11-15,21,27H,4-10,16H2,1-3H3. The third kappa shape index (κ3) is 4.24. The number of aromatic nitrogens is 2. The molecule has 1 fully saturated rings. The van der Waals surface area contributed by atoms with Crippen molar-refractivity contribution in [1.29, 1.82) is 0 Å². The first-order valence-electron chi connectivity index (χ1n) is 11.6. The second kappa shape index (κ2) is 8.94. The van der Waals surface area contributed by atoms with Crippen LogP contribution in [0.15, 0.2) is 30.3 Å². The fourth-order valence-corrected chi connectivity index (χ4v) is 4.99. The minimum absolute atomic E-state index is 0.480. The van der Waals surface area contributed by atoms with E-state index in [1.807, 2.05) is 6.07 Å². The van der Waals surface area contributed by atoms with Crippen molar-refractivity contribution in [1.82, 2.24) is 15.3 Å². The zero-order valence-electron chi connectivity index (χ0n) is 19.3. The average Bonchev–Trinajstić information content (AvgIpc) is 3.29. The van der Waals surface area contributed by atoms with Crippen molar-refractivity contribution < 1.29 is 9.47 Å². The van der Waals surface area contributed by atoms with Crippen LogP contribution in [0, 0.1) is 6.92 Å². The fourth-order valence-electron chi connectivity index (χ4n) is 4.99. The molecule has 0 saturated carbocycles. The minimum atomic E-state index is 0.480. The first-order valence-corrected chi connectivity index (χ1v) is 11.6. The highest BCUT2D eigenvalue weighted by Crippen LogP contribution is 2.29. The van der Waals surface area contributed by atoms with Gasteiger partial charge in [0.25, 0.3) is 0 Å². The van der Waals surface area contributed by atoms with Crippen LogP contribution in [0.25, 0.3) is 10.9 Å². The Morgan fingerprint density at radius 2 is 1.62 bits per heavy atom. The number of anilines is 1. The Kier molecular flexibility index (Phi) is 5.87. The molecule has 1 aliphatic carbocycles. The van der Waals surface area contributed by atoms with E-state index in [2.05, 4.69) is 41.4 Å². The lowest BCUT2D eigenvalue weighted by Crippen LogP contribution is -2.43. The summed E-state index contributed by atoms with van der Waals surface area (Å²) in [5.74, 6) is 2.53. The maximum atomic E-state index is 5.39. The van der Waals surface area contributed by atoms with Crippen LogP contribution in [-0.2, 0) is 19.4 Å². The Labute approximate surface area is 190 Å². The number of piperidine rings is 1. The van der Waals surface area contributed by atoms with Gasteiger partial charge in [0.2, 0.25) is 5.95 Å². The Bertz CT molecular complexity index is 1100. The van der Waals surface area contributed by atoms with Crippen LogP contribution in [0.3, 0.4) is 0 Å². The maximum absolute atomic E-state index is 5.39. The van der Waals surface area contributed by atoms with Gasteiger partial charge in [-0.05, 0) is 80.0 Å². The van der Waals surface area contributed by atoms with Crippen molar-refractivity contribution in [2.45, 2.75) is 51.6 Å². The van der Waals surface area contributed by atoms with Crippen LogP contribution in [0.4, 0.5) is 5.95 Å². The predicted octanol–water partition coefficient (Wildman–Crippen LogP) is 4.20. The second-order valence-corrected chi connectivity index (χ2v) is 8.96. The topological polar surface area (TPSA) is 59.5 Å². The van der Waals surface area contributed by atoms with Gasteiger partial charge in [0.05, 0.1) is 25.4 Å². The summed E-state index contributed by atoms with van der Waals surface area (Å²) in [6.45, 7) is 4.85. The van der Waals surface area contributed by atoms with Crippen molar-refractivity contribution in [3.8, 4) is 11.5 Å². The van der Waals surface area contributed by atoms with Crippen molar-refractivity contribution >= 4 is 16.9 Å². The summed E-state index contributed by atoms with van der Waals surface area (Å²) in [5.41, 5.74) is 6.31. The zero-order chi connectivity index (χ0) is 22.1. The molecule has 6 nitrogen and oxygen atoms in total. The van der Waals surface area contributed by atoms with Crippen LogP contribution in [-0.4, -0.2) is 43.3 Å². The highest BCUT2D eigenvalue weighted by molar-refractivity contribution is 5.84. The minimum Gasteiger partial charge on any atom is -0.497 e. The zero-order valence-corrected chi connectivity index (χ0v) is 19.3. The number of nitrogens with zero attached hydrogens (tertiary/aromatic N) is 3. The van der Waals surface area contributed by atoms with E-state index in [0.29, 0.717) is 6.04 Å². The number of nitrogens with one attached hydrogen (secondary N) is 1. The van der Waals surface area contributed by atoms with E-state index in [9.17, 15) is 0 Å². The molecule has 0 atom stereocenters. The van der Waals surface area contributed by atoms with Gasteiger partial charge >= 0.3 is 0 Å². The van der Waals surface area contributed by atoms with Crippen molar-refractivity contribution in [3.63, 3.8) is 0 Å². The average molecular weight is 433 g/mol. The monoisotopic (exact) mass is 432 g/mol. The number of hydrogen-bond donors (Lipinski definition) is 1. The SMILES string of the molecule is COc1cc(CNC2CCN(c3nc(C)c4cc5c(cc4n3)CCC5)CC2)cc(OC)c1. The number of ether oxygens (including phenoxy) is 2. The summed E-state index contributed by atoms with van der Waals surface area (Å²) in [7, 11) is 3.37. The third-order valence-electron chi connectivity index (χ3n) is 6.87. The summed E-state index contributed by atoms with van der Waals surface area (Å²) in [4.78, 5) is 12.2. The molecule has 5 rings (SSSR count). The van der Waals surface area contributed by atoms with Crippen LogP contribution in [0.1, 0.15) is 41.6 Å². The van der Waals surface area contributed by atoms with Gasteiger partial charge in [-0.15, -0.1) is 0 Å². The van der Waals surface area contributed by atoms with Crippen LogP contribution in [0.5, 0.6) is 11.5 Å². The Morgan fingerprint density at radius 1 is 0.938 bits per heavy atom. The summed E-state index contributed by atoms with van der Waals surface area (Å²) in [5, 5.41) is 4.91. The molecule has 2 heterocycles. The van der Waals surface area contributed by atoms with Gasteiger partial charge in [0.15, 0.2) is 0 Å². The van der Waals surface area contributed by atoms with E-state index in [-0.39, 0.29) is 0 Å². The third-order valence-corrected chi connectivity index (χ3v) is 6.87. The molecule has 2 aromatic carbocycles. The lowest BCUT2D eigenvalue weighted by Gasteiger charge is -2.33. The summed E-state index contributed by atoms with van der Waals surface area (Å²) in [6, 6.07) is 11.1. The largest absolute Gasteiger partial charge is 0.497 e. The first kappa shape index (κ1) is 21.0. The number of methoxy groups -OCH3 is 2. The van der Waals surface area contributed by atoms with E-state index in [0.717, 1.165) is 61.1 Å². The second-order valence-electron chi connectivity index (χ2n) is 8.96. The van der Waals surface area contributed by atoms with Gasteiger partial charge in [-0.2, -0.15) is 0 Å². The molecule has 0 unspecified atom stereocenters. The molecule has 2 aliphatic rings. The summed E-state index contributed by atoms with van der Waals surface area (Å²) >= 11 is 0. The quantitative estimate of drug-likeness (QED) is 0.630. The van der Waals surface area contributed by atoms with Crippen molar-refractivity contribution in [2.24, 2.45) is 0 Å². The molecule has 0 radical (unpaired) electrons. The smallest absolute Gasteiger partial charge is 0.226 e. The van der Waals surface area contributed by atoms with Gasteiger partial charge in [0, 0.05) is 37.1 Å². The van der Waals surface area contributed by atoms with Gasteiger partial charge in [-0.25, -0.2) is 9.97 Å². The highest BCUT2D eigenvalue weighted by Gasteiger charge is 2.22. The molecule has 0 amide bonds. The number of benzene rings is 2. The number of hydrogen-bond acceptors (Lipinski definition) is 6. The predicted molar refractivity (Wildman–Crippen MR) is 128 cm³/mol. The van der Waals surface area contributed by atoms with Crippen molar-refractivity contribution in [3.05, 3.63) is 52.7 Å². The molecular formula is C26H32N4O2. The molecular weight excluding hydrogens is 400 g/mol. The molecule has 1 N–H and O–H groups in total. The normalized spacial score (nSPS) is 16.4. The van der Waals surface area contributed by atoms with Crippen molar-refractivity contribution in [2.75, 3.05) is 32.2 Å². The first-order chi connectivity index (χ1) is 15.6. The molecule has 32 heavy (non-hydrogen) atoms. The van der Waals surface area contributed by atoms with Gasteiger partial charge in [-0.3, -0.25) is 0 Å². The van der Waals surface area contributed by atoms with Crippen LogP contribution < -0.4 is 19.7 Å². The molecule has 1 saturated heterocycles. The molecule has 0 spiro atoms. The van der Waals surface area contributed by atoms with Gasteiger partial charge in [0.1, 0.15) is 11.5 Å². The summed E-state index contributed by atoms with van der Waals surface area (Å²) < 4.78 is 10.8. The molecule has 0 bridgehead atoms. The van der Waals surface area contributed by atoms with E-state index in [1.165, 1.54) is 41.3 Å². The van der Waals surface area contributed by atoms with E-state index >= 15 is 0 Å². The molecule has 1 aliphatic heterocycles. The van der Waals surface area contributed by atoms with E-state index in [4.69, 9.17) is 19.4 Å². The molecule has 1 aromatic heterocycles. The fraction of sp³-hybridized carbons (Fsp3) is 0.462. The van der Waals surface area contributed by atoms with Crippen LogP contribution >= 0.6 is 0 Å². The highest BCUT2D eigenvalue weighted by atomic mass is 16.5. The summed E-state index contributed by atoms with van der Waals surface area (Å²) in [6.07, 6.45) is 5.78. The number of aryl methyl sites for hydroxylation is 3. The lowest BCUT2D eigenvalue weighted by atomic mass is 10.0. The van der Waals surface area contributed by atoms with E-state index < -0.39 is 0 Å². The lowest BCUT2D eigenvalue weighted by molar-refractivity contribution is 0.389. The van der Waals surface area contributed by atoms with Gasteiger partial charge in [-0.1, -0.05) is 0 Å². The molecule has 6 heteroatoms. The van der Waals surface area contributed by atoms with Gasteiger partial charge < -0.3 is 19.7 Å². The van der Waals surface area contributed by atoms with E-state index in [1.54, 1.807) is 14.2 Å². The molecule has 3 aromatic rings.